The lowest BCUT2D eigenvalue weighted by Gasteiger charge is -2.34. The third kappa shape index (κ3) is 6.67. The van der Waals surface area contributed by atoms with Crippen LogP contribution in [0.25, 0.3) is 0 Å². The molecule has 0 radical (unpaired) electrons. The molecule has 0 saturated carbocycles. The Morgan fingerprint density at radius 2 is 1.76 bits per heavy atom. The van der Waals surface area contributed by atoms with Crippen molar-refractivity contribution in [3.8, 4) is 0 Å². The van der Waals surface area contributed by atoms with Crippen molar-refractivity contribution in [2.75, 3.05) is 57.8 Å². The number of nitrogens with one attached hydrogen (secondary N) is 2. The van der Waals surface area contributed by atoms with Gasteiger partial charge in [-0.2, -0.15) is 0 Å². The van der Waals surface area contributed by atoms with E-state index in [1.54, 1.807) is 25.5 Å². The molecule has 2 N–H and O–H groups in total. The van der Waals surface area contributed by atoms with Crippen molar-refractivity contribution in [3.05, 3.63) is 54.1 Å². The van der Waals surface area contributed by atoms with Crippen LogP contribution in [-0.2, 0) is 6.42 Å². The predicted molar refractivity (Wildman–Crippen MR) is 115 cm³/mol. The summed E-state index contributed by atoms with van der Waals surface area (Å²) in [7, 11) is 1.75. The molecule has 1 aliphatic rings. The van der Waals surface area contributed by atoms with E-state index in [1.165, 1.54) is 6.07 Å². The van der Waals surface area contributed by atoms with E-state index >= 15 is 0 Å². The highest BCUT2D eigenvalue weighted by Crippen LogP contribution is 2.09. The first-order chi connectivity index (χ1) is 14.3. The maximum absolute atomic E-state index is 13.7. The molecular formula is C21H30FN7. The zero-order valence-electron chi connectivity index (χ0n) is 17.0. The summed E-state index contributed by atoms with van der Waals surface area (Å²) in [6.07, 6.45) is 5.24. The molecule has 1 saturated heterocycles. The summed E-state index contributed by atoms with van der Waals surface area (Å²) in [6, 6.07) is 8.72. The van der Waals surface area contributed by atoms with E-state index in [4.69, 9.17) is 0 Å². The third-order valence-electron chi connectivity index (χ3n) is 5.02. The van der Waals surface area contributed by atoms with Gasteiger partial charge in [-0.3, -0.25) is 9.89 Å². The second kappa shape index (κ2) is 11.3. The second-order valence-corrected chi connectivity index (χ2v) is 7.00. The molecule has 8 heteroatoms. The number of hydrogen-bond acceptors (Lipinski definition) is 5. The highest BCUT2D eigenvalue weighted by molar-refractivity contribution is 5.79. The van der Waals surface area contributed by atoms with Gasteiger partial charge >= 0.3 is 0 Å². The Balaban J connectivity index is 1.28. The Kier molecular flexibility index (Phi) is 8.18. The Morgan fingerprint density at radius 1 is 1.03 bits per heavy atom. The van der Waals surface area contributed by atoms with E-state index in [0.717, 1.165) is 63.2 Å². The van der Waals surface area contributed by atoms with Crippen molar-refractivity contribution >= 4 is 11.9 Å². The summed E-state index contributed by atoms with van der Waals surface area (Å²) in [5.41, 5.74) is 0.718. The normalized spacial score (nSPS) is 15.4. The lowest BCUT2D eigenvalue weighted by Crippen LogP contribution is -2.47. The van der Waals surface area contributed by atoms with Gasteiger partial charge in [-0.15, -0.1) is 0 Å². The fraction of sp³-hybridized carbons (Fsp3) is 0.476. The largest absolute Gasteiger partial charge is 0.356 e. The minimum atomic E-state index is -0.156. The van der Waals surface area contributed by atoms with Crippen LogP contribution in [0.5, 0.6) is 0 Å². The van der Waals surface area contributed by atoms with Crippen LogP contribution in [0.4, 0.5) is 10.3 Å². The number of hydrogen-bond donors (Lipinski definition) is 2. The topological polar surface area (TPSA) is 68.7 Å². The fourth-order valence-electron chi connectivity index (χ4n) is 3.37. The van der Waals surface area contributed by atoms with E-state index in [0.29, 0.717) is 13.0 Å². The van der Waals surface area contributed by atoms with Crippen LogP contribution >= 0.6 is 0 Å². The Hall–Kier alpha value is -2.74. The fourth-order valence-corrected chi connectivity index (χ4v) is 3.37. The molecule has 1 aliphatic heterocycles. The summed E-state index contributed by atoms with van der Waals surface area (Å²) in [5, 5.41) is 6.58. The summed E-state index contributed by atoms with van der Waals surface area (Å²) < 4.78 is 13.7. The van der Waals surface area contributed by atoms with Crippen molar-refractivity contribution in [1.29, 1.82) is 0 Å². The lowest BCUT2D eigenvalue weighted by atomic mass is 10.1. The van der Waals surface area contributed by atoms with Crippen LogP contribution in [0.15, 0.2) is 47.7 Å². The summed E-state index contributed by atoms with van der Waals surface area (Å²) in [6.45, 7) is 6.49. The summed E-state index contributed by atoms with van der Waals surface area (Å²) in [4.78, 5) is 17.6. The number of rotatable bonds is 8. The number of anilines is 1. The number of guanidine groups is 1. The van der Waals surface area contributed by atoms with E-state index in [9.17, 15) is 4.39 Å². The maximum Gasteiger partial charge on any atom is 0.225 e. The first-order valence-electron chi connectivity index (χ1n) is 10.2. The minimum Gasteiger partial charge on any atom is -0.356 e. The van der Waals surface area contributed by atoms with E-state index < -0.39 is 0 Å². The van der Waals surface area contributed by atoms with E-state index in [1.807, 2.05) is 18.2 Å². The first kappa shape index (κ1) is 21.0. The number of benzene rings is 1. The van der Waals surface area contributed by atoms with Gasteiger partial charge < -0.3 is 15.5 Å². The molecule has 1 aromatic heterocycles. The number of piperazine rings is 1. The molecule has 0 aliphatic carbocycles. The molecule has 2 aromatic rings. The average molecular weight is 400 g/mol. The molecular weight excluding hydrogens is 369 g/mol. The molecule has 0 atom stereocenters. The van der Waals surface area contributed by atoms with Crippen LogP contribution < -0.4 is 15.5 Å². The molecule has 156 valence electrons. The predicted octanol–water partition coefficient (Wildman–Crippen LogP) is 1.54. The standard InChI is InChI=1S/C21H30FN7/c1-23-20(25-12-8-18-6-2-3-7-19(18)22)24-11-5-13-28-14-16-29(17-15-28)21-26-9-4-10-27-21/h2-4,6-7,9-10H,5,8,11-17H2,1H3,(H2,23,24,25). The molecule has 0 spiro atoms. The zero-order chi connectivity index (χ0) is 20.3. The average Bonchev–Trinajstić information content (AvgIpc) is 2.77. The lowest BCUT2D eigenvalue weighted by molar-refractivity contribution is 0.254. The third-order valence-corrected chi connectivity index (χ3v) is 5.02. The smallest absolute Gasteiger partial charge is 0.225 e. The molecule has 3 rings (SSSR count). The molecule has 1 fully saturated rings. The molecule has 7 nitrogen and oxygen atoms in total. The number of halogens is 1. The monoisotopic (exact) mass is 399 g/mol. The number of nitrogens with zero attached hydrogens (tertiary/aromatic N) is 5. The second-order valence-electron chi connectivity index (χ2n) is 7.00. The minimum absolute atomic E-state index is 0.156. The SMILES string of the molecule is CN=C(NCCCN1CCN(c2ncccn2)CC1)NCCc1ccccc1F. The van der Waals surface area contributed by atoms with Gasteiger partial charge in [-0.25, -0.2) is 14.4 Å². The van der Waals surface area contributed by atoms with Crippen LogP contribution in [0, 0.1) is 5.82 Å². The summed E-state index contributed by atoms with van der Waals surface area (Å²) in [5.74, 6) is 1.42. The van der Waals surface area contributed by atoms with Gasteiger partial charge in [0.25, 0.3) is 0 Å². The van der Waals surface area contributed by atoms with Gasteiger partial charge in [-0.1, -0.05) is 18.2 Å². The number of aromatic nitrogens is 2. The first-order valence-corrected chi connectivity index (χ1v) is 10.2. The van der Waals surface area contributed by atoms with Gasteiger partial charge in [0.1, 0.15) is 5.82 Å². The number of aliphatic imine (C=N–C) groups is 1. The van der Waals surface area contributed by atoms with Crippen LogP contribution in [0.1, 0.15) is 12.0 Å². The Bertz CT molecular complexity index is 761. The quantitative estimate of drug-likeness (QED) is 0.399. The molecule has 0 bridgehead atoms. The molecule has 0 unspecified atom stereocenters. The van der Waals surface area contributed by atoms with Gasteiger partial charge in [0.05, 0.1) is 0 Å². The maximum atomic E-state index is 13.7. The molecule has 0 amide bonds. The van der Waals surface area contributed by atoms with Gasteiger partial charge in [0, 0.05) is 58.7 Å². The molecule has 1 aromatic carbocycles. The van der Waals surface area contributed by atoms with Crippen molar-refractivity contribution < 1.29 is 4.39 Å². The van der Waals surface area contributed by atoms with Gasteiger partial charge in [0.15, 0.2) is 5.96 Å². The molecule has 29 heavy (non-hydrogen) atoms. The van der Waals surface area contributed by atoms with Crippen LogP contribution in [0.2, 0.25) is 0 Å². The van der Waals surface area contributed by atoms with E-state index in [-0.39, 0.29) is 5.82 Å². The highest BCUT2D eigenvalue weighted by Gasteiger charge is 2.18. The molecule has 2 heterocycles. The zero-order valence-corrected chi connectivity index (χ0v) is 17.0. The van der Waals surface area contributed by atoms with Gasteiger partial charge in [-0.05, 0) is 37.1 Å². The highest BCUT2D eigenvalue weighted by atomic mass is 19.1. The van der Waals surface area contributed by atoms with Crippen molar-refractivity contribution in [1.82, 2.24) is 25.5 Å². The van der Waals surface area contributed by atoms with E-state index in [2.05, 4.69) is 35.4 Å². The van der Waals surface area contributed by atoms with Crippen LogP contribution in [0.3, 0.4) is 0 Å². The van der Waals surface area contributed by atoms with Crippen LogP contribution in [-0.4, -0.2) is 73.7 Å². The Morgan fingerprint density at radius 3 is 2.48 bits per heavy atom. The Labute approximate surface area is 172 Å². The van der Waals surface area contributed by atoms with Gasteiger partial charge in [0.2, 0.25) is 5.95 Å². The van der Waals surface area contributed by atoms with Crippen molar-refractivity contribution in [3.63, 3.8) is 0 Å². The van der Waals surface area contributed by atoms with Crippen molar-refractivity contribution in [2.45, 2.75) is 12.8 Å². The summed E-state index contributed by atoms with van der Waals surface area (Å²) >= 11 is 0. The van der Waals surface area contributed by atoms with Crippen molar-refractivity contribution in [2.24, 2.45) is 4.99 Å².